The number of aromatic nitrogens is 4. The Morgan fingerprint density at radius 2 is 1.66 bits per heavy atom. The van der Waals surface area contributed by atoms with E-state index in [4.69, 9.17) is 0 Å². The Labute approximate surface area is 209 Å². The van der Waals surface area contributed by atoms with Gasteiger partial charge in [0.1, 0.15) is 22.3 Å². The van der Waals surface area contributed by atoms with E-state index in [2.05, 4.69) is 37.2 Å². The Bertz CT molecular complexity index is 1440. The van der Waals surface area contributed by atoms with Crippen LogP contribution in [-0.4, -0.2) is 25.7 Å². The van der Waals surface area contributed by atoms with E-state index in [0.29, 0.717) is 12.2 Å². The third kappa shape index (κ3) is 5.47. The predicted octanol–water partition coefficient (Wildman–Crippen LogP) is 6.00. The third-order valence-corrected chi connectivity index (χ3v) is 7.12. The van der Waals surface area contributed by atoms with Crippen molar-refractivity contribution >= 4 is 34.7 Å². The SMILES string of the molecule is O=C(Nc1ccccc1F)c1csc(CSc2nnc(Cc3ccccc3)n2-c2ccccc2)n1. The molecule has 0 spiro atoms. The van der Waals surface area contributed by atoms with Gasteiger partial charge in [-0.25, -0.2) is 9.37 Å². The van der Waals surface area contributed by atoms with E-state index in [9.17, 15) is 9.18 Å². The molecule has 0 fully saturated rings. The number of carbonyl (C=O) groups excluding carboxylic acids is 1. The summed E-state index contributed by atoms with van der Waals surface area (Å²) >= 11 is 2.88. The average Bonchev–Trinajstić information content (AvgIpc) is 3.52. The van der Waals surface area contributed by atoms with Gasteiger partial charge in [-0.15, -0.1) is 21.5 Å². The van der Waals surface area contributed by atoms with E-state index < -0.39 is 11.7 Å². The standard InChI is InChI=1S/C26H20FN5OS2/c27-20-13-7-8-14-21(20)29-25(33)22-16-34-24(28-22)17-35-26-31-30-23(15-18-9-3-1-4-10-18)32(26)19-11-5-2-6-12-19/h1-14,16H,15,17H2,(H,29,33). The minimum Gasteiger partial charge on any atom is -0.318 e. The number of anilines is 1. The number of nitrogens with one attached hydrogen (secondary N) is 1. The van der Waals surface area contributed by atoms with Crippen molar-refractivity contribution in [3.05, 3.63) is 118 Å². The number of rotatable bonds is 8. The molecule has 174 valence electrons. The molecule has 9 heteroatoms. The molecule has 0 aliphatic rings. The zero-order chi connectivity index (χ0) is 24.0. The van der Waals surface area contributed by atoms with Gasteiger partial charge in [-0.1, -0.05) is 72.4 Å². The van der Waals surface area contributed by atoms with Crippen LogP contribution in [0.2, 0.25) is 0 Å². The number of benzene rings is 3. The quantitative estimate of drug-likeness (QED) is 0.264. The van der Waals surface area contributed by atoms with Crippen molar-refractivity contribution in [2.45, 2.75) is 17.3 Å². The molecule has 35 heavy (non-hydrogen) atoms. The Morgan fingerprint density at radius 1 is 0.943 bits per heavy atom. The fourth-order valence-electron chi connectivity index (χ4n) is 3.48. The van der Waals surface area contributed by atoms with E-state index in [0.717, 1.165) is 27.2 Å². The summed E-state index contributed by atoms with van der Waals surface area (Å²) in [6.45, 7) is 0. The average molecular weight is 502 g/mol. The molecule has 5 rings (SSSR count). The number of thiazole rings is 1. The number of amides is 1. The van der Waals surface area contributed by atoms with Crippen molar-refractivity contribution in [3.63, 3.8) is 0 Å². The summed E-state index contributed by atoms with van der Waals surface area (Å²) in [7, 11) is 0. The lowest BCUT2D eigenvalue weighted by Crippen LogP contribution is -2.13. The summed E-state index contributed by atoms with van der Waals surface area (Å²) in [6.07, 6.45) is 0.654. The van der Waals surface area contributed by atoms with Crippen LogP contribution in [0.25, 0.3) is 5.69 Å². The maximum Gasteiger partial charge on any atom is 0.275 e. The molecule has 0 atom stereocenters. The highest BCUT2D eigenvalue weighted by atomic mass is 32.2. The smallest absolute Gasteiger partial charge is 0.275 e. The van der Waals surface area contributed by atoms with Crippen LogP contribution in [0.4, 0.5) is 10.1 Å². The maximum atomic E-state index is 13.8. The Balaban J connectivity index is 1.32. The van der Waals surface area contributed by atoms with E-state index in [1.54, 1.807) is 17.5 Å². The topological polar surface area (TPSA) is 72.7 Å². The van der Waals surface area contributed by atoms with Crippen molar-refractivity contribution in [1.82, 2.24) is 19.7 Å². The van der Waals surface area contributed by atoms with Crippen molar-refractivity contribution in [3.8, 4) is 5.69 Å². The normalized spacial score (nSPS) is 10.9. The summed E-state index contributed by atoms with van der Waals surface area (Å²) in [4.78, 5) is 16.9. The number of para-hydroxylation sites is 2. The van der Waals surface area contributed by atoms with Gasteiger partial charge in [0.2, 0.25) is 0 Å². The van der Waals surface area contributed by atoms with Gasteiger partial charge < -0.3 is 5.32 Å². The number of hydrogen-bond acceptors (Lipinski definition) is 6. The second-order valence-electron chi connectivity index (χ2n) is 7.58. The van der Waals surface area contributed by atoms with Gasteiger partial charge in [-0.05, 0) is 29.8 Å². The van der Waals surface area contributed by atoms with Gasteiger partial charge in [-0.3, -0.25) is 9.36 Å². The molecule has 1 N–H and O–H groups in total. The Hall–Kier alpha value is -3.82. The molecule has 0 aliphatic heterocycles. The van der Waals surface area contributed by atoms with Crippen molar-refractivity contribution < 1.29 is 9.18 Å². The monoisotopic (exact) mass is 501 g/mol. The lowest BCUT2D eigenvalue weighted by molar-refractivity contribution is 0.102. The summed E-state index contributed by atoms with van der Waals surface area (Å²) < 4.78 is 15.9. The predicted molar refractivity (Wildman–Crippen MR) is 137 cm³/mol. The summed E-state index contributed by atoms with van der Waals surface area (Å²) in [5, 5.41) is 14.7. The molecule has 0 saturated heterocycles. The lowest BCUT2D eigenvalue weighted by atomic mass is 10.1. The molecule has 5 aromatic rings. The molecule has 2 heterocycles. The first-order chi connectivity index (χ1) is 17.2. The minimum absolute atomic E-state index is 0.128. The highest BCUT2D eigenvalue weighted by Crippen LogP contribution is 2.27. The lowest BCUT2D eigenvalue weighted by Gasteiger charge is -2.10. The Kier molecular flexibility index (Phi) is 6.97. The van der Waals surface area contributed by atoms with Gasteiger partial charge >= 0.3 is 0 Å². The van der Waals surface area contributed by atoms with Gasteiger partial charge in [0, 0.05) is 17.5 Å². The number of nitrogens with zero attached hydrogens (tertiary/aromatic N) is 4. The van der Waals surface area contributed by atoms with Gasteiger partial charge in [0.05, 0.1) is 11.4 Å². The highest BCUT2D eigenvalue weighted by molar-refractivity contribution is 7.98. The molecular formula is C26H20FN5OS2. The first-order valence-corrected chi connectivity index (χ1v) is 12.7. The van der Waals surface area contributed by atoms with Crippen LogP contribution in [-0.2, 0) is 12.2 Å². The summed E-state index contributed by atoms with van der Waals surface area (Å²) in [5.41, 5.74) is 2.51. The maximum absolute atomic E-state index is 13.8. The molecule has 0 bridgehead atoms. The van der Waals surface area contributed by atoms with Crippen LogP contribution in [0.1, 0.15) is 26.9 Å². The fourth-order valence-corrected chi connectivity index (χ4v) is 5.24. The fraction of sp³-hybridized carbons (Fsp3) is 0.0769. The van der Waals surface area contributed by atoms with Crippen LogP contribution >= 0.6 is 23.1 Å². The van der Waals surface area contributed by atoms with E-state index >= 15 is 0 Å². The van der Waals surface area contributed by atoms with Crippen LogP contribution in [0.5, 0.6) is 0 Å². The van der Waals surface area contributed by atoms with Gasteiger partial charge in [0.15, 0.2) is 5.16 Å². The molecule has 0 saturated carbocycles. The largest absolute Gasteiger partial charge is 0.318 e. The van der Waals surface area contributed by atoms with Crippen LogP contribution in [0.15, 0.2) is 95.5 Å². The number of halogens is 1. The number of carbonyl (C=O) groups is 1. The second kappa shape index (κ2) is 10.6. The van der Waals surface area contributed by atoms with E-state index in [1.165, 1.54) is 35.2 Å². The summed E-state index contributed by atoms with van der Waals surface area (Å²) in [5.74, 6) is 0.432. The van der Waals surface area contributed by atoms with Crippen molar-refractivity contribution in [1.29, 1.82) is 0 Å². The molecule has 2 aromatic heterocycles. The Morgan fingerprint density at radius 3 is 2.43 bits per heavy atom. The molecular weight excluding hydrogens is 481 g/mol. The van der Waals surface area contributed by atoms with E-state index in [1.807, 2.05) is 48.5 Å². The first-order valence-electron chi connectivity index (χ1n) is 10.8. The van der Waals surface area contributed by atoms with E-state index in [-0.39, 0.29) is 11.4 Å². The third-order valence-electron chi connectivity index (χ3n) is 5.15. The highest BCUT2D eigenvalue weighted by Gasteiger charge is 2.17. The van der Waals surface area contributed by atoms with Crippen LogP contribution in [0, 0.1) is 5.82 Å². The minimum atomic E-state index is -0.488. The van der Waals surface area contributed by atoms with Crippen molar-refractivity contribution in [2.24, 2.45) is 0 Å². The van der Waals surface area contributed by atoms with Crippen LogP contribution < -0.4 is 5.32 Å². The zero-order valence-electron chi connectivity index (χ0n) is 18.5. The zero-order valence-corrected chi connectivity index (χ0v) is 20.1. The number of thioether (sulfide) groups is 1. The molecule has 1 amide bonds. The molecule has 3 aromatic carbocycles. The molecule has 0 aliphatic carbocycles. The van der Waals surface area contributed by atoms with Crippen LogP contribution in [0.3, 0.4) is 0 Å². The molecule has 6 nitrogen and oxygen atoms in total. The number of hydrogen-bond donors (Lipinski definition) is 1. The van der Waals surface area contributed by atoms with Gasteiger partial charge in [0.25, 0.3) is 5.91 Å². The molecule has 0 unspecified atom stereocenters. The van der Waals surface area contributed by atoms with Gasteiger partial charge in [-0.2, -0.15) is 0 Å². The van der Waals surface area contributed by atoms with Crippen molar-refractivity contribution in [2.75, 3.05) is 5.32 Å². The molecule has 0 radical (unpaired) electrons. The first kappa shape index (κ1) is 22.9. The summed E-state index contributed by atoms with van der Waals surface area (Å²) in [6, 6.07) is 26.2. The second-order valence-corrected chi connectivity index (χ2v) is 9.47.